The van der Waals surface area contributed by atoms with Crippen molar-refractivity contribution in [2.24, 2.45) is 0 Å². The van der Waals surface area contributed by atoms with Crippen molar-refractivity contribution in [3.63, 3.8) is 0 Å². The molecule has 1 amide bonds. The maximum absolute atomic E-state index is 12.9. The van der Waals surface area contributed by atoms with Gasteiger partial charge in [-0.15, -0.1) is 11.3 Å². The van der Waals surface area contributed by atoms with Crippen LogP contribution in [-0.4, -0.2) is 16.5 Å². The van der Waals surface area contributed by atoms with Gasteiger partial charge in [0.05, 0.1) is 10.2 Å². The predicted molar refractivity (Wildman–Crippen MR) is 120 cm³/mol. The van der Waals surface area contributed by atoms with E-state index in [4.69, 9.17) is 9.72 Å². The molecule has 29 heavy (non-hydrogen) atoms. The Hall–Kier alpha value is -3.18. The van der Waals surface area contributed by atoms with Crippen LogP contribution in [-0.2, 0) is 4.79 Å². The predicted octanol–water partition coefficient (Wildman–Crippen LogP) is 6.07. The standard InChI is InChI=1S/C24H22N2O2S/c1-16-18(22-25-20-13-7-8-15-21(20)29-22)12-9-14-19(16)26-23(27)24(2,3)28-17-10-5-4-6-11-17/h4-15H,1-3H3,(H,26,27). The summed E-state index contributed by atoms with van der Waals surface area (Å²) in [6.45, 7) is 5.53. The largest absolute Gasteiger partial charge is 0.478 e. The molecule has 0 fully saturated rings. The van der Waals surface area contributed by atoms with Crippen LogP contribution < -0.4 is 10.1 Å². The zero-order valence-corrected chi connectivity index (χ0v) is 17.4. The molecule has 1 N–H and O–H groups in total. The molecule has 0 spiro atoms. The van der Waals surface area contributed by atoms with Gasteiger partial charge in [-0.25, -0.2) is 4.98 Å². The maximum Gasteiger partial charge on any atom is 0.267 e. The Morgan fingerprint density at radius 3 is 2.45 bits per heavy atom. The van der Waals surface area contributed by atoms with Gasteiger partial charge in [-0.2, -0.15) is 0 Å². The number of ether oxygens (including phenoxy) is 1. The Morgan fingerprint density at radius 1 is 0.966 bits per heavy atom. The van der Waals surface area contributed by atoms with Crippen molar-refractivity contribution in [1.29, 1.82) is 0 Å². The van der Waals surface area contributed by atoms with E-state index in [1.54, 1.807) is 25.2 Å². The summed E-state index contributed by atoms with van der Waals surface area (Å²) in [4.78, 5) is 17.7. The van der Waals surface area contributed by atoms with Crippen molar-refractivity contribution >= 4 is 33.1 Å². The Labute approximate surface area is 174 Å². The van der Waals surface area contributed by atoms with Gasteiger partial charge in [-0.05, 0) is 56.7 Å². The molecule has 4 rings (SSSR count). The monoisotopic (exact) mass is 402 g/mol. The number of anilines is 1. The third-order valence-electron chi connectivity index (χ3n) is 4.77. The second-order valence-corrected chi connectivity index (χ2v) is 8.38. The zero-order chi connectivity index (χ0) is 20.4. The van der Waals surface area contributed by atoms with Gasteiger partial charge in [0.15, 0.2) is 5.60 Å². The van der Waals surface area contributed by atoms with Crippen LogP contribution in [0.2, 0.25) is 0 Å². The quantitative estimate of drug-likeness (QED) is 0.441. The topological polar surface area (TPSA) is 51.2 Å². The molecule has 0 aliphatic heterocycles. The summed E-state index contributed by atoms with van der Waals surface area (Å²) in [5, 5.41) is 3.97. The molecule has 0 radical (unpaired) electrons. The minimum Gasteiger partial charge on any atom is -0.478 e. The number of benzene rings is 3. The average Bonchev–Trinajstić information content (AvgIpc) is 3.14. The maximum atomic E-state index is 12.9. The molecular formula is C24H22N2O2S. The van der Waals surface area contributed by atoms with Crippen molar-refractivity contribution in [2.45, 2.75) is 26.4 Å². The van der Waals surface area contributed by atoms with Gasteiger partial charge in [0.1, 0.15) is 10.8 Å². The van der Waals surface area contributed by atoms with Crippen LogP contribution in [0.4, 0.5) is 5.69 Å². The summed E-state index contributed by atoms with van der Waals surface area (Å²) in [5.74, 6) is 0.457. The van der Waals surface area contributed by atoms with Gasteiger partial charge in [0.25, 0.3) is 5.91 Å². The van der Waals surface area contributed by atoms with Gasteiger partial charge in [-0.1, -0.05) is 42.5 Å². The van der Waals surface area contributed by atoms with Gasteiger partial charge >= 0.3 is 0 Å². The van der Waals surface area contributed by atoms with Gasteiger partial charge in [-0.3, -0.25) is 4.79 Å². The number of fused-ring (bicyclic) bond motifs is 1. The van der Waals surface area contributed by atoms with E-state index in [1.165, 1.54) is 0 Å². The number of amides is 1. The lowest BCUT2D eigenvalue weighted by molar-refractivity contribution is -0.128. The summed E-state index contributed by atoms with van der Waals surface area (Å²) in [6, 6.07) is 23.3. The SMILES string of the molecule is Cc1c(NC(=O)C(C)(C)Oc2ccccc2)cccc1-c1nc2ccccc2s1. The molecule has 4 nitrogen and oxygen atoms in total. The molecule has 0 saturated heterocycles. The van der Waals surface area contributed by atoms with Crippen molar-refractivity contribution in [3.8, 4) is 16.3 Å². The number of carbonyl (C=O) groups is 1. The summed E-state index contributed by atoms with van der Waals surface area (Å²) >= 11 is 1.65. The number of para-hydroxylation sites is 2. The van der Waals surface area contributed by atoms with Gasteiger partial charge in [0.2, 0.25) is 0 Å². The highest BCUT2D eigenvalue weighted by molar-refractivity contribution is 7.21. The van der Waals surface area contributed by atoms with Crippen molar-refractivity contribution < 1.29 is 9.53 Å². The van der Waals surface area contributed by atoms with Gasteiger partial charge < -0.3 is 10.1 Å². The van der Waals surface area contributed by atoms with Crippen LogP contribution in [0.3, 0.4) is 0 Å². The van der Waals surface area contributed by atoms with Crippen LogP contribution in [0.25, 0.3) is 20.8 Å². The third-order valence-corrected chi connectivity index (χ3v) is 5.84. The normalized spacial score (nSPS) is 11.4. The molecule has 0 aliphatic rings. The minimum atomic E-state index is -1.01. The molecule has 0 aliphatic carbocycles. The van der Waals surface area contributed by atoms with Crippen LogP contribution >= 0.6 is 11.3 Å². The average molecular weight is 403 g/mol. The van der Waals surface area contributed by atoms with Crippen LogP contribution in [0, 0.1) is 6.92 Å². The van der Waals surface area contributed by atoms with Gasteiger partial charge in [0, 0.05) is 11.3 Å². The minimum absolute atomic E-state index is 0.203. The zero-order valence-electron chi connectivity index (χ0n) is 16.6. The highest BCUT2D eigenvalue weighted by atomic mass is 32.1. The number of nitrogens with one attached hydrogen (secondary N) is 1. The van der Waals surface area contributed by atoms with Crippen LogP contribution in [0.5, 0.6) is 5.75 Å². The molecule has 1 heterocycles. The van der Waals surface area contributed by atoms with E-state index < -0.39 is 5.60 Å². The molecule has 4 aromatic rings. The van der Waals surface area contributed by atoms with Crippen molar-refractivity contribution in [3.05, 3.63) is 78.4 Å². The van der Waals surface area contributed by atoms with E-state index in [1.807, 2.05) is 73.7 Å². The second kappa shape index (κ2) is 7.68. The lowest BCUT2D eigenvalue weighted by Gasteiger charge is -2.26. The Bertz CT molecular complexity index is 1130. The molecule has 1 aromatic heterocycles. The first kappa shape index (κ1) is 19.2. The molecule has 146 valence electrons. The Kier molecular flexibility index (Phi) is 5.07. The number of hydrogen-bond donors (Lipinski definition) is 1. The van der Waals surface area contributed by atoms with E-state index in [0.29, 0.717) is 5.75 Å². The van der Waals surface area contributed by atoms with E-state index in [-0.39, 0.29) is 5.91 Å². The summed E-state index contributed by atoms with van der Waals surface area (Å²) in [6.07, 6.45) is 0. The number of rotatable bonds is 5. The first-order chi connectivity index (χ1) is 13.9. The number of hydrogen-bond acceptors (Lipinski definition) is 4. The lowest BCUT2D eigenvalue weighted by atomic mass is 10.0. The second-order valence-electron chi connectivity index (χ2n) is 7.34. The number of carbonyl (C=O) groups excluding carboxylic acids is 1. The molecule has 0 atom stereocenters. The smallest absolute Gasteiger partial charge is 0.267 e. The summed E-state index contributed by atoms with van der Waals surface area (Å²) in [5.41, 5.74) is 2.73. The highest BCUT2D eigenvalue weighted by Crippen LogP contribution is 2.34. The number of aromatic nitrogens is 1. The van der Waals surface area contributed by atoms with E-state index >= 15 is 0 Å². The van der Waals surface area contributed by atoms with Crippen molar-refractivity contribution in [1.82, 2.24) is 4.98 Å². The first-order valence-electron chi connectivity index (χ1n) is 9.45. The summed E-state index contributed by atoms with van der Waals surface area (Å²) in [7, 11) is 0. The lowest BCUT2D eigenvalue weighted by Crippen LogP contribution is -2.42. The molecule has 0 bridgehead atoms. The fraction of sp³-hybridized carbons (Fsp3) is 0.167. The number of nitrogens with zero attached hydrogens (tertiary/aromatic N) is 1. The van der Waals surface area contributed by atoms with Crippen LogP contribution in [0.1, 0.15) is 19.4 Å². The Balaban J connectivity index is 1.59. The Morgan fingerprint density at radius 2 is 1.69 bits per heavy atom. The van der Waals surface area contributed by atoms with E-state index in [9.17, 15) is 4.79 Å². The van der Waals surface area contributed by atoms with E-state index in [0.717, 1.165) is 32.0 Å². The first-order valence-corrected chi connectivity index (χ1v) is 10.3. The van der Waals surface area contributed by atoms with E-state index in [2.05, 4.69) is 11.4 Å². The fourth-order valence-electron chi connectivity index (χ4n) is 3.09. The van der Waals surface area contributed by atoms with Crippen molar-refractivity contribution in [2.75, 3.05) is 5.32 Å². The molecule has 0 unspecified atom stereocenters. The fourth-order valence-corrected chi connectivity index (χ4v) is 4.14. The molecule has 3 aromatic carbocycles. The van der Waals surface area contributed by atoms with Crippen LogP contribution in [0.15, 0.2) is 72.8 Å². The highest BCUT2D eigenvalue weighted by Gasteiger charge is 2.30. The third kappa shape index (κ3) is 4.00. The molecular weight excluding hydrogens is 380 g/mol. The summed E-state index contributed by atoms with van der Waals surface area (Å²) < 4.78 is 7.06. The number of thiazole rings is 1. The molecule has 5 heteroatoms. The molecule has 0 saturated carbocycles.